The SMILES string of the molecule is CC(C)c1nc(SCC(=O)Nc2ccncc2)n[nH]1. The third-order valence-electron chi connectivity index (χ3n) is 2.33. The molecule has 0 spiro atoms. The number of nitrogens with zero attached hydrogens (tertiary/aromatic N) is 3. The molecule has 0 aliphatic heterocycles. The molecule has 7 heteroatoms. The monoisotopic (exact) mass is 277 g/mol. The summed E-state index contributed by atoms with van der Waals surface area (Å²) >= 11 is 1.30. The van der Waals surface area contributed by atoms with Crippen LogP contribution in [0.15, 0.2) is 29.7 Å². The van der Waals surface area contributed by atoms with Crippen LogP contribution >= 0.6 is 11.8 Å². The van der Waals surface area contributed by atoms with Gasteiger partial charge in [-0.2, -0.15) is 0 Å². The molecule has 2 aromatic heterocycles. The summed E-state index contributed by atoms with van der Waals surface area (Å²) in [6.45, 7) is 4.07. The molecule has 0 saturated heterocycles. The van der Waals surface area contributed by atoms with E-state index in [9.17, 15) is 4.79 Å². The highest BCUT2D eigenvalue weighted by Gasteiger charge is 2.09. The third kappa shape index (κ3) is 4.06. The Kier molecular flexibility index (Phi) is 4.51. The standard InChI is InChI=1S/C12H15N5OS/c1-8(2)11-15-12(17-16-11)19-7-10(18)14-9-3-5-13-6-4-9/h3-6,8H,7H2,1-2H3,(H,13,14,18)(H,15,16,17). The smallest absolute Gasteiger partial charge is 0.234 e. The summed E-state index contributed by atoms with van der Waals surface area (Å²) in [5.74, 6) is 1.31. The maximum absolute atomic E-state index is 11.7. The van der Waals surface area contributed by atoms with Crippen LogP contribution in [0.25, 0.3) is 0 Å². The maximum Gasteiger partial charge on any atom is 0.234 e. The summed E-state index contributed by atoms with van der Waals surface area (Å²) in [6.07, 6.45) is 3.26. The molecule has 0 aliphatic rings. The van der Waals surface area contributed by atoms with Crippen molar-refractivity contribution in [1.82, 2.24) is 20.2 Å². The Balaban J connectivity index is 1.83. The fourth-order valence-electron chi connectivity index (χ4n) is 1.34. The number of thioether (sulfide) groups is 1. The summed E-state index contributed by atoms with van der Waals surface area (Å²) in [7, 11) is 0. The van der Waals surface area contributed by atoms with Crippen LogP contribution in [0.5, 0.6) is 0 Å². The fourth-order valence-corrected chi connectivity index (χ4v) is 1.95. The van der Waals surface area contributed by atoms with Crippen LogP contribution in [-0.2, 0) is 4.79 Å². The van der Waals surface area contributed by atoms with Crippen molar-refractivity contribution in [1.29, 1.82) is 0 Å². The summed E-state index contributed by atoms with van der Waals surface area (Å²) < 4.78 is 0. The second-order valence-corrected chi connectivity index (χ2v) is 5.17. The van der Waals surface area contributed by atoms with Gasteiger partial charge in [0.15, 0.2) is 0 Å². The molecule has 1 amide bonds. The summed E-state index contributed by atoms with van der Waals surface area (Å²) in [6, 6.07) is 3.48. The molecule has 0 aromatic carbocycles. The highest BCUT2D eigenvalue weighted by Crippen LogP contribution is 2.16. The third-order valence-corrected chi connectivity index (χ3v) is 3.17. The molecule has 100 valence electrons. The molecule has 2 aromatic rings. The predicted octanol–water partition coefficient (Wildman–Crippen LogP) is 2.05. The maximum atomic E-state index is 11.7. The molecule has 0 aliphatic carbocycles. The number of carbonyl (C=O) groups excluding carboxylic acids is 1. The van der Waals surface area contributed by atoms with Crippen LogP contribution in [0.2, 0.25) is 0 Å². The Morgan fingerprint density at radius 1 is 1.42 bits per heavy atom. The van der Waals surface area contributed by atoms with Crippen molar-refractivity contribution in [2.45, 2.75) is 24.9 Å². The van der Waals surface area contributed by atoms with Gasteiger partial charge >= 0.3 is 0 Å². The average Bonchev–Trinajstić information content (AvgIpc) is 2.86. The second kappa shape index (κ2) is 6.33. The number of carbonyl (C=O) groups is 1. The van der Waals surface area contributed by atoms with E-state index in [1.165, 1.54) is 11.8 Å². The van der Waals surface area contributed by atoms with E-state index in [0.717, 1.165) is 11.5 Å². The highest BCUT2D eigenvalue weighted by molar-refractivity contribution is 7.99. The number of rotatable bonds is 5. The van der Waals surface area contributed by atoms with Crippen molar-refractivity contribution < 1.29 is 4.79 Å². The number of pyridine rings is 1. The van der Waals surface area contributed by atoms with Crippen LogP contribution in [0.1, 0.15) is 25.6 Å². The van der Waals surface area contributed by atoms with Gasteiger partial charge < -0.3 is 5.32 Å². The van der Waals surface area contributed by atoms with E-state index in [2.05, 4.69) is 25.5 Å². The quantitative estimate of drug-likeness (QED) is 0.817. The van der Waals surface area contributed by atoms with E-state index in [1.807, 2.05) is 13.8 Å². The van der Waals surface area contributed by atoms with Gasteiger partial charge in [-0.05, 0) is 12.1 Å². The first-order valence-corrected chi connectivity index (χ1v) is 6.88. The molecule has 2 N–H and O–H groups in total. The average molecular weight is 277 g/mol. The number of hydrogen-bond acceptors (Lipinski definition) is 5. The van der Waals surface area contributed by atoms with Crippen molar-refractivity contribution in [2.75, 3.05) is 11.1 Å². The first kappa shape index (κ1) is 13.5. The molecule has 0 fully saturated rings. The Morgan fingerprint density at radius 2 is 2.16 bits per heavy atom. The van der Waals surface area contributed by atoms with Crippen molar-refractivity contribution >= 4 is 23.4 Å². The Labute approximate surface area is 115 Å². The minimum absolute atomic E-state index is 0.0907. The molecule has 19 heavy (non-hydrogen) atoms. The van der Waals surface area contributed by atoms with Crippen LogP contribution in [0, 0.1) is 0 Å². The highest BCUT2D eigenvalue weighted by atomic mass is 32.2. The minimum atomic E-state index is -0.0907. The first-order valence-electron chi connectivity index (χ1n) is 5.90. The van der Waals surface area contributed by atoms with E-state index < -0.39 is 0 Å². The lowest BCUT2D eigenvalue weighted by atomic mass is 10.2. The summed E-state index contributed by atoms with van der Waals surface area (Å²) in [5, 5.41) is 10.3. The molecule has 0 unspecified atom stereocenters. The Bertz CT molecular complexity index is 540. The molecule has 0 saturated carbocycles. The first-order chi connectivity index (χ1) is 9.15. The number of anilines is 1. The number of hydrogen-bond donors (Lipinski definition) is 2. The van der Waals surface area contributed by atoms with Gasteiger partial charge in [0.1, 0.15) is 5.82 Å². The van der Waals surface area contributed by atoms with Crippen LogP contribution in [0.4, 0.5) is 5.69 Å². The minimum Gasteiger partial charge on any atom is -0.325 e. The lowest BCUT2D eigenvalue weighted by molar-refractivity contribution is -0.113. The summed E-state index contributed by atoms with van der Waals surface area (Å²) in [5.41, 5.74) is 0.735. The van der Waals surface area contributed by atoms with Gasteiger partial charge in [-0.1, -0.05) is 25.6 Å². The molecular formula is C12H15N5OS. The predicted molar refractivity (Wildman–Crippen MR) is 74.1 cm³/mol. The van der Waals surface area contributed by atoms with Crippen LogP contribution in [-0.4, -0.2) is 31.8 Å². The topological polar surface area (TPSA) is 83.6 Å². The number of aromatic nitrogens is 4. The molecule has 0 radical (unpaired) electrons. The second-order valence-electron chi connectivity index (χ2n) is 4.23. The van der Waals surface area contributed by atoms with Gasteiger partial charge in [0, 0.05) is 24.0 Å². The molecule has 6 nitrogen and oxygen atoms in total. The van der Waals surface area contributed by atoms with Crippen LogP contribution < -0.4 is 5.32 Å². The number of nitrogens with one attached hydrogen (secondary N) is 2. The van der Waals surface area contributed by atoms with Crippen molar-refractivity contribution in [3.05, 3.63) is 30.4 Å². The van der Waals surface area contributed by atoms with Gasteiger partial charge in [-0.3, -0.25) is 14.9 Å². The zero-order valence-electron chi connectivity index (χ0n) is 10.8. The molecule has 0 atom stereocenters. The van der Waals surface area contributed by atoms with E-state index in [1.54, 1.807) is 24.5 Å². The van der Waals surface area contributed by atoms with Gasteiger partial charge in [-0.25, -0.2) is 4.98 Å². The van der Waals surface area contributed by atoms with E-state index in [0.29, 0.717) is 11.1 Å². The normalized spacial score (nSPS) is 10.7. The molecular weight excluding hydrogens is 262 g/mol. The van der Waals surface area contributed by atoms with Crippen molar-refractivity contribution in [2.24, 2.45) is 0 Å². The fraction of sp³-hybridized carbons (Fsp3) is 0.333. The number of amides is 1. The Morgan fingerprint density at radius 3 is 2.79 bits per heavy atom. The molecule has 2 rings (SSSR count). The van der Waals surface area contributed by atoms with Crippen LogP contribution in [0.3, 0.4) is 0 Å². The summed E-state index contributed by atoms with van der Waals surface area (Å²) in [4.78, 5) is 19.9. The lowest BCUT2D eigenvalue weighted by Gasteiger charge is -2.02. The van der Waals surface area contributed by atoms with Gasteiger partial charge in [0.25, 0.3) is 0 Å². The number of H-pyrrole nitrogens is 1. The zero-order chi connectivity index (χ0) is 13.7. The number of aromatic amines is 1. The van der Waals surface area contributed by atoms with Gasteiger partial charge in [0.2, 0.25) is 11.1 Å². The van der Waals surface area contributed by atoms with E-state index >= 15 is 0 Å². The van der Waals surface area contributed by atoms with E-state index in [-0.39, 0.29) is 11.7 Å². The van der Waals surface area contributed by atoms with Crippen molar-refractivity contribution in [3.63, 3.8) is 0 Å². The zero-order valence-corrected chi connectivity index (χ0v) is 11.6. The van der Waals surface area contributed by atoms with Gasteiger partial charge in [-0.15, -0.1) is 5.10 Å². The largest absolute Gasteiger partial charge is 0.325 e. The van der Waals surface area contributed by atoms with Crippen molar-refractivity contribution in [3.8, 4) is 0 Å². The van der Waals surface area contributed by atoms with E-state index in [4.69, 9.17) is 0 Å². The lowest BCUT2D eigenvalue weighted by Crippen LogP contribution is -2.14. The molecule has 2 heterocycles. The molecule has 0 bridgehead atoms. The van der Waals surface area contributed by atoms with Gasteiger partial charge in [0.05, 0.1) is 5.75 Å². The Hall–Kier alpha value is -1.89.